The van der Waals surface area contributed by atoms with Gasteiger partial charge in [-0.2, -0.15) is 0 Å². The van der Waals surface area contributed by atoms with Crippen LogP contribution >= 0.6 is 11.8 Å². The second-order valence-electron chi connectivity index (χ2n) is 5.22. The fraction of sp³-hybridized carbons (Fsp3) is 0.176. The molecule has 0 fully saturated rings. The highest BCUT2D eigenvalue weighted by atomic mass is 32.2. The molecule has 130 valence electrons. The zero-order chi connectivity index (χ0) is 18.0. The number of nitrogens with one attached hydrogen (secondary N) is 1. The molecule has 0 radical (unpaired) electrons. The number of ketones is 1. The summed E-state index contributed by atoms with van der Waals surface area (Å²) in [5.41, 5.74) is 0.614. The summed E-state index contributed by atoms with van der Waals surface area (Å²) in [5.74, 6) is -1.69. The maximum Gasteiger partial charge on any atom is 0.234 e. The minimum absolute atomic E-state index is 0.0309. The zero-order valence-electron chi connectivity index (χ0n) is 13.1. The summed E-state index contributed by atoms with van der Waals surface area (Å²) >= 11 is 1.05. The average molecular weight is 365 g/mol. The van der Waals surface area contributed by atoms with Crippen LogP contribution in [0.5, 0.6) is 11.5 Å². The van der Waals surface area contributed by atoms with E-state index in [2.05, 4.69) is 5.32 Å². The topological polar surface area (TPSA) is 64.6 Å². The molecule has 0 saturated carbocycles. The van der Waals surface area contributed by atoms with E-state index in [9.17, 15) is 18.4 Å². The number of amides is 1. The summed E-state index contributed by atoms with van der Waals surface area (Å²) in [4.78, 5) is 24.3. The molecular weight excluding hydrogens is 352 g/mol. The summed E-state index contributed by atoms with van der Waals surface area (Å²) in [7, 11) is 0. The van der Waals surface area contributed by atoms with E-state index in [0.29, 0.717) is 27.6 Å². The van der Waals surface area contributed by atoms with Gasteiger partial charge in [0.2, 0.25) is 12.7 Å². The molecule has 1 aliphatic rings. The zero-order valence-corrected chi connectivity index (χ0v) is 13.9. The van der Waals surface area contributed by atoms with Gasteiger partial charge in [-0.25, -0.2) is 8.78 Å². The highest BCUT2D eigenvalue weighted by Crippen LogP contribution is 2.37. The highest BCUT2D eigenvalue weighted by molar-refractivity contribution is 8.00. The van der Waals surface area contributed by atoms with Crippen LogP contribution in [0, 0.1) is 11.6 Å². The molecule has 0 bridgehead atoms. The Labute approximate surface area is 146 Å². The normalized spacial score (nSPS) is 12.1. The summed E-state index contributed by atoms with van der Waals surface area (Å²) in [5, 5.41) is 2.63. The van der Waals surface area contributed by atoms with Crippen molar-refractivity contribution in [2.45, 2.75) is 11.8 Å². The lowest BCUT2D eigenvalue weighted by Gasteiger charge is -2.10. The molecule has 1 aliphatic heterocycles. The molecule has 0 aliphatic carbocycles. The molecule has 3 rings (SSSR count). The van der Waals surface area contributed by atoms with Crippen molar-refractivity contribution in [2.75, 3.05) is 17.9 Å². The fourth-order valence-electron chi connectivity index (χ4n) is 2.24. The van der Waals surface area contributed by atoms with E-state index in [0.717, 1.165) is 23.9 Å². The number of carbonyl (C=O) groups is 2. The first-order valence-corrected chi connectivity index (χ1v) is 8.25. The first-order valence-electron chi connectivity index (χ1n) is 7.26. The van der Waals surface area contributed by atoms with Gasteiger partial charge < -0.3 is 14.8 Å². The van der Waals surface area contributed by atoms with E-state index in [-0.39, 0.29) is 18.3 Å². The van der Waals surface area contributed by atoms with Gasteiger partial charge in [-0.05, 0) is 31.2 Å². The number of anilines is 1. The Balaban J connectivity index is 1.70. The molecule has 2 aromatic carbocycles. The third-order valence-corrected chi connectivity index (χ3v) is 4.42. The van der Waals surface area contributed by atoms with Gasteiger partial charge in [0, 0.05) is 16.5 Å². The van der Waals surface area contributed by atoms with Crippen LogP contribution in [0.4, 0.5) is 14.5 Å². The average Bonchev–Trinajstić information content (AvgIpc) is 3.02. The summed E-state index contributed by atoms with van der Waals surface area (Å²) in [6.45, 7) is 1.43. The number of thioether (sulfide) groups is 1. The van der Waals surface area contributed by atoms with Gasteiger partial charge in [-0.3, -0.25) is 9.59 Å². The van der Waals surface area contributed by atoms with Crippen LogP contribution in [0.25, 0.3) is 0 Å². The second kappa shape index (κ2) is 7.10. The van der Waals surface area contributed by atoms with E-state index in [1.165, 1.54) is 25.1 Å². The number of benzene rings is 2. The Morgan fingerprint density at radius 1 is 1.12 bits per heavy atom. The molecule has 8 heteroatoms. The predicted molar refractivity (Wildman–Crippen MR) is 88.3 cm³/mol. The quantitative estimate of drug-likeness (QED) is 0.648. The van der Waals surface area contributed by atoms with Crippen molar-refractivity contribution in [3.63, 3.8) is 0 Å². The van der Waals surface area contributed by atoms with Crippen molar-refractivity contribution in [1.82, 2.24) is 0 Å². The molecule has 0 atom stereocenters. The number of hydrogen-bond donors (Lipinski definition) is 1. The first kappa shape index (κ1) is 17.2. The standard InChI is InChI=1S/C17H13F2NO4S/c1-9(21)11-5-15-16(24-8-23-15)6-14(11)20-17(22)7-25-10-2-3-12(18)13(19)4-10/h2-6H,7-8H2,1H3,(H,20,22). The molecule has 0 aromatic heterocycles. The second-order valence-corrected chi connectivity index (χ2v) is 6.27. The molecule has 0 saturated heterocycles. The first-order chi connectivity index (χ1) is 11.9. The van der Waals surface area contributed by atoms with Crippen LogP contribution in [0.3, 0.4) is 0 Å². The third kappa shape index (κ3) is 3.90. The van der Waals surface area contributed by atoms with Crippen molar-refractivity contribution < 1.29 is 27.8 Å². The summed E-state index contributed by atoms with van der Waals surface area (Å²) in [6.07, 6.45) is 0. The number of ether oxygens (including phenoxy) is 2. The maximum atomic E-state index is 13.2. The Hall–Kier alpha value is -2.61. The van der Waals surface area contributed by atoms with E-state index in [1.807, 2.05) is 0 Å². The van der Waals surface area contributed by atoms with Crippen LogP contribution in [0.2, 0.25) is 0 Å². The summed E-state index contributed by atoms with van der Waals surface area (Å²) < 4.78 is 36.5. The lowest BCUT2D eigenvalue weighted by molar-refractivity contribution is -0.113. The molecule has 1 N–H and O–H groups in total. The monoisotopic (exact) mass is 365 g/mol. The molecule has 2 aromatic rings. The van der Waals surface area contributed by atoms with Crippen molar-refractivity contribution in [3.8, 4) is 11.5 Å². The van der Waals surface area contributed by atoms with Crippen LogP contribution < -0.4 is 14.8 Å². The maximum absolute atomic E-state index is 13.2. The summed E-state index contributed by atoms with van der Waals surface area (Å²) in [6, 6.07) is 6.45. The van der Waals surface area contributed by atoms with Crippen LogP contribution in [0.1, 0.15) is 17.3 Å². The molecule has 0 spiro atoms. The van der Waals surface area contributed by atoms with Gasteiger partial charge in [0.05, 0.1) is 11.4 Å². The molecule has 5 nitrogen and oxygen atoms in total. The third-order valence-electron chi connectivity index (χ3n) is 3.43. The smallest absolute Gasteiger partial charge is 0.234 e. The van der Waals surface area contributed by atoms with Crippen molar-refractivity contribution in [2.24, 2.45) is 0 Å². The fourth-order valence-corrected chi connectivity index (χ4v) is 2.96. The highest BCUT2D eigenvalue weighted by Gasteiger charge is 2.20. The van der Waals surface area contributed by atoms with Crippen LogP contribution in [-0.4, -0.2) is 24.2 Å². The van der Waals surface area contributed by atoms with Crippen LogP contribution in [-0.2, 0) is 4.79 Å². The Morgan fingerprint density at radius 3 is 2.52 bits per heavy atom. The number of fused-ring (bicyclic) bond motifs is 1. The van der Waals surface area contributed by atoms with Gasteiger partial charge in [0.1, 0.15) is 0 Å². The molecule has 0 unspecified atom stereocenters. The van der Waals surface area contributed by atoms with Gasteiger partial charge in [0.25, 0.3) is 0 Å². The molecule has 25 heavy (non-hydrogen) atoms. The van der Waals surface area contributed by atoms with E-state index >= 15 is 0 Å². The molecule has 1 heterocycles. The lowest BCUT2D eigenvalue weighted by Crippen LogP contribution is -2.16. The largest absolute Gasteiger partial charge is 0.454 e. The number of hydrogen-bond acceptors (Lipinski definition) is 5. The van der Waals surface area contributed by atoms with Gasteiger partial charge >= 0.3 is 0 Å². The Morgan fingerprint density at radius 2 is 1.84 bits per heavy atom. The van der Waals surface area contributed by atoms with E-state index in [1.54, 1.807) is 0 Å². The number of carbonyl (C=O) groups excluding carboxylic acids is 2. The SMILES string of the molecule is CC(=O)c1cc2c(cc1NC(=O)CSc1ccc(F)c(F)c1)OCO2. The minimum atomic E-state index is -0.972. The van der Waals surface area contributed by atoms with Crippen molar-refractivity contribution >= 4 is 29.1 Å². The van der Waals surface area contributed by atoms with Crippen LogP contribution in [0.15, 0.2) is 35.2 Å². The van der Waals surface area contributed by atoms with Crippen molar-refractivity contribution in [1.29, 1.82) is 0 Å². The van der Waals surface area contributed by atoms with Crippen molar-refractivity contribution in [3.05, 3.63) is 47.5 Å². The number of rotatable bonds is 5. The van der Waals surface area contributed by atoms with Gasteiger partial charge in [-0.15, -0.1) is 11.8 Å². The Kier molecular flexibility index (Phi) is 4.89. The number of halogens is 2. The lowest BCUT2D eigenvalue weighted by atomic mass is 10.1. The van der Waals surface area contributed by atoms with E-state index in [4.69, 9.17) is 9.47 Å². The predicted octanol–water partition coefficient (Wildman–Crippen LogP) is 3.63. The van der Waals surface area contributed by atoms with Gasteiger partial charge in [-0.1, -0.05) is 0 Å². The Bertz CT molecular complexity index is 857. The van der Waals surface area contributed by atoms with E-state index < -0.39 is 17.5 Å². The minimum Gasteiger partial charge on any atom is -0.454 e. The van der Waals surface area contributed by atoms with Gasteiger partial charge in [0.15, 0.2) is 28.9 Å². The molecule has 1 amide bonds. The number of Topliss-reactive ketones (excluding diaryl/α,β-unsaturated/α-hetero) is 1. The molecular formula is C17H13F2NO4S.